The van der Waals surface area contributed by atoms with E-state index in [1.165, 1.54) is 17.4 Å². The lowest BCUT2D eigenvalue weighted by molar-refractivity contribution is 0.102. The van der Waals surface area contributed by atoms with E-state index < -0.39 is 17.8 Å². The van der Waals surface area contributed by atoms with Crippen LogP contribution in [0.4, 0.5) is 10.1 Å². The van der Waals surface area contributed by atoms with Crippen molar-refractivity contribution in [2.24, 2.45) is 0 Å². The highest BCUT2D eigenvalue weighted by molar-refractivity contribution is 7.10. The van der Waals surface area contributed by atoms with Crippen LogP contribution in [0.1, 0.15) is 32.5 Å². The van der Waals surface area contributed by atoms with Gasteiger partial charge in [0.2, 0.25) is 0 Å². The average molecular weight is 352 g/mol. The molecule has 3 aromatic rings. The van der Waals surface area contributed by atoms with Crippen LogP contribution in [0.25, 0.3) is 0 Å². The van der Waals surface area contributed by atoms with Crippen molar-refractivity contribution in [3.8, 4) is 6.07 Å². The summed E-state index contributed by atoms with van der Waals surface area (Å²) in [5.41, 5.74) is 1.37. The number of anilines is 1. The molecule has 0 aliphatic heterocycles. The SMILES string of the molecule is N#Cc1cc(F)cc(C(=O)Nc2ccc([C@@H](O)c3cccs3)cc2)c1. The number of hydrogen-bond donors (Lipinski definition) is 2. The van der Waals surface area contributed by atoms with Gasteiger partial charge in [-0.1, -0.05) is 18.2 Å². The first kappa shape index (κ1) is 16.8. The molecule has 0 radical (unpaired) electrons. The molecule has 2 N–H and O–H groups in total. The molecule has 0 spiro atoms. The molecule has 3 rings (SSSR count). The van der Waals surface area contributed by atoms with Gasteiger partial charge in [-0.05, 0) is 47.3 Å². The number of aliphatic hydroxyl groups excluding tert-OH is 1. The van der Waals surface area contributed by atoms with Gasteiger partial charge in [0.05, 0.1) is 11.6 Å². The van der Waals surface area contributed by atoms with E-state index in [9.17, 15) is 14.3 Å². The van der Waals surface area contributed by atoms with Gasteiger partial charge < -0.3 is 10.4 Å². The normalized spacial score (nSPS) is 11.6. The quantitative estimate of drug-likeness (QED) is 0.743. The van der Waals surface area contributed by atoms with Crippen molar-refractivity contribution < 1.29 is 14.3 Å². The summed E-state index contributed by atoms with van der Waals surface area (Å²) >= 11 is 1.46. The first-order valence-electron chi connectivity index (χ1n) is 7.40. The predicted octanol–water partition coefficient (Wildman–Crippen LogP) is 4.09. The number of rotatable bonds is 4. The molecule has 0 saturated carbocycles. The van der Waals surface area contributed by atoms with Crippen LogP contribution in [0.3, 0.4) is 0 Å². The molecule has 4 nitrogen and oxygen atoms in total. The van der Waals surface area contributed by atoms with E-state index in [2.05, 4.69) is 5.32 Å². The number of nitrogens with one attached hydrogen (secondary N) is 1. The summed E-state index contributed by atoms with van der Waals surface area (Å²) in [4.78, 5) is 13.0. The van der Waals surface area contributed by atoms with Crippen LogP contribution in [-0.4, -0.2) is 11.0 Å². The highest BCUT2D eigenvalue weighted by Crippen LogP contribution is 2.26. The fraction of sp³-hybridized carbons (Fsp3) is 0.0526. The molecule has 0 aliphatic carbocycles. The lowest BCUT2D eigenvalue weighted by atomic mass is 10.1. The third-order valence-corrected chi connectivity index (χ3v) is 4.51. The van der Waals surface area contributed by atoms with E-state index in [1.807, 2.05) is 23.6 Å². The summed E-state index contributed by atoms with van der Waals surface area (Å²) in [5.74, 6) is -1.15. The van der Waals surface area contributed by atoms with Crippen LogP contribution in [0.15, 0.2) is 60.0 Å². The summed E-state index contributed by atoms with van der Waals surface area (Å²) in [7, 11) is 0. The van der Waals surface area contributed by atoms with Crippen molar-refractivity contribution in [2.45, 2.75) is 6.10 Å². The number of hydrogen-bond acceptors (Lipinski definition) is 4. The highest BCUT2D eigenvalue weighted by atomic mass is 32.1. The molecular formula is C19H13FN2O2S. The van der Waals surface area contributed by atoms with Gasteiger partial charge in [-0.15, -0.1) is 11.3 Å². The summed E-state index contributed by atoms with van der Waals surface area (Å²) < 4.78 is 13.4. The Morgan fingerprint density at radius 1 is 1.20 bits per heavy atom. The number of carbonyl (C=O) groups excluding carboxylic acids is 1. The number of nitriles is 1. The molecule has 2 aromatic carbocycles. The van der Waals surface area contributed by atoms with Crippen molar-refractivity contribution in [3.63, 3.8) is 0 Å². The molecule has 0 fully saturated rings. The van der Waals surface area contributed by atoms with Crippen LogP contribution in [0, 0.1) is 17.1 Å². The minimum atomic E-state index is -0.717. The Kier molecular flexibility index (Phi) is 4.89. The van der Waals surface area contributed by atoms with Gasteiger partial charge in [0, 0.05) is 16.1 Å². The fourth-order valence-corrected chi connectivity index (χ4v) is 3.08. The molecule has 0 unspecified atom stereocenters. The first-order chi connectivity index (χ1) is 12.1. The predicted molar refractivity (Wildman–Crippen MR) is 93.9 cm³/mol. The summed E-state index contributed by atoms with van der Waals surface area (Å²) in [6, 6.07) is 15.7. The Balaban J connectivity index is 1.74. The van der Waals surface area contributed by atoms with Crippen molar-refractivity contribution in [1.82, 2.24) is 0 Å². The number of thiophene rings is 1. The molecule has 0 saturated heterocycles. The van der Waals surface area contributed by atoms with E-state index in [4.69, 9.17) is 5.26 Å². The van der Waals surface area contributed by atoms with Gasteiger partial charge >= 0.3 is 0 Å². The van der Waals surface area contributed by atoms with E-state index in [0.29, 0.717) is 11.3 Å². The van der Waals surface area contributed by atoms with Crippen molar-refractivity contribution in [1.29, 1.82) is 5.26 Å². The third-order valence-electron chi connectivity index (χ3n) is 3.59. The Hall–Kier alpha value is -3.01. The largest absolute Gasteiger partial charge is 0.383 e. The Morgan fingerprint density at radius 3 is 2.60 bits per heavy atom. The highest BCUT2D eigenvalue weighted by Gasteiger charge is 2.13. The minimum absolute atomic E-state index is 0.0687. The first-order valence-corrected chi connectivity index (χ1v) is 8.28. The number of benzene rings is 2. The second-order valence-corrected chi connectivity index (χ2v) is 6.31. The number of halogens is 1. The van der Waals surface area contributed by atoms with Gasteiger partial charge in [0.25, 0.3) is 5.91 Å². The minimum Gasteiger partial charge on any atom is -0.383 e. The lowest BCUT2D eigenvalue weighted by Gasteiger charge is -2.11. The number of carbonyl (C=O) groups is 1. The van der Waals surface area contributed by atoms with Crippen molar-refractivity contribution >= 4 is 22.9 Å². The molecule has 1 amide bonds. The molecule has 1 atom stereocenters. The van der Waals surface area contributed by atoms with E-state index in [-0.39, 0.29) is 11.1 Å². The molecule has 1 aromatic heterocycles. The van der Waals surface area contributed by atoms with Gasteiger partial charge in [0.1, 0.15) is 11.9 Å². The third kappa shape index (κ3) is 3.91. The summed E-state index contributed by atoms with van der Waals surface area (Å²) in [6.07, 6.45) is -0.717. The summed E-state index contributed by atoms with van der Waals surface area (Å²) in [6.45, 7) is 0. The number of nitrogens with zero attached hydrogens (tertiary/aromatic N) is 1. The monoisotopic (exact) mass is 352 g/mol. The number of aliphatic hydroxyl groups is 1. The lowest BCUT2D eigenvalue weighted by Crippen LogP contribution is -2.12. The van der Waals surface area contributed by atoms with Crippen LogP contribution in [0.2, 0.25) is 0 Å². The second-order valence-electron chi connectivity index (χ2n) is 5.33. The molecule has 124 valence electrons. The van der Waals surface area contributed by atoms with Crippen LogP contribution in [-0.2, 0) is 0 Å². The second kappa shape index (κ2) is 7.26. The molecule has 1 heterocycles. The zero-order valence-corrected chi connectivity index (χ0v) is 13.8. The van der Waals surface area contributed by atoms with Gasteiger partial charge in [-0.25, -0.2) is 4.39 Å². The van der Waals surface area contributed by atoms with Crippen LogP contribution >= 0.6 is 11.3 Å². The van der Waals surface area contributed by atoms with Crippen molar-refractivity contribution in [3.05, 3.63) is 87.4 Å². The van der Waals surface area contributed by atoms with E-state index in [1.54, 1.807) is 24.3 Å². The maximum absolute atomic E-state index is 13.4. The van der Waals surface area contributed by atoms with E-state index in [0.717, 1.165) is 17.0 Å². The Bertz CT molecular complexity index is 931. The molecular weight excluding hydrogens is 339 g/mol. The standard InChI is InChI=1S/C19H13FN2O2S/c20-15-9-12(11-21)8-14(10-15)19(24)22-16-5-3-13(4-6-16)18(23)17-2-1-7-25-17/h1-10,18,23H,(H,22,24)/t18-/m1/s1. The van der Waals surface area contributed by atoms with Crippen LogP contribution < -0.4 is 5.32 Å². The number of amides is 1. The van der Waals surface area contributed by atoms with Crippen molar-refractivity contribution in [2.75, 3.05) is 5.32 Å². The Labute approximate surface area is 147 Å². The van der Waals surface area contributed by atoms with E-state index >= 15 is 0 Å². The summed E-state index contributed by atoms with van der Waals surface area (Å²) in [5, 5.41) is 23.7. The maximum atomic E-state index is 13.4. The van der Waals surface area contributed by atoms with Crippen LogP contribution in [0.5, 0.6) is 0 Å². The topological polar surface area (TPSA) is 73.1 Å². The molecule has 0 bridgehead atoms. The zero-order valence-electron chi connectivity index (χ0n) is 12.9. The molecule has 6 heteroatoms. The van der Waals surface area contributed by atoms with Gasteiger partial charge in [0.15, 0.2) is 0 Å². The zero-order chi connectivity index (χ0) is 17.8. The van der Waals surface area contributed by atoms with Gasteiger partial charge in [-0.2, -0.15) is 5.26 Å². The maximum Gasteiger partial charge on any atom is 0.255 e. The average Bonchev–Trinajstić information content (AvgIpc) is 3.15. The smallest absolute Gasteiger partial charge is 0.255 e. The fourth-order valence-electron chi connectivity index (χ4n) is 2.35. The van der Waals surface area contributed by atoms with Gasteiger partial charge in [-0.3, -0.25) is 4.79 Å². The molecule has 25 heavy (non-hydrogen) atoms. The molecule has 0 aliphatic rings. The Morgan fingerprint density at radius 2 is 1.96 bits per heavy atom.